The first-order chi connectivity index (χ1) is 8.74. The second kappa shape index (κ2) is 6.67. The maximum absolute atomic E-state index is 4.56. The summed E-state index contributed by atoms with van der Waals surface area (Å²) in [4.78, 5) is 5.96. The smallest absolute Gasteiger partial charge is 0.109 e. The molecule has 102 valence electrons. The number of aryl methyl sites for hydroxylation is 1. The van der Waals surface area contributed by atoms with Crippen molar-refractivity contribution in [3.05, 3.63) is 16.1 Å². The van der Waals surface area contributed by atoms with Gasteiger partial charge in [0.1, 0.15) is 5.01 Å². The van der Waals surface area contributed by atoms with E-state index < -0.39 is 0 Å². The van der Waals surface area contributed by atoms with E-state index >= 15 is 0 Å². The fourth-order valence-electron chi connectivity index (χ4n) is 2.99. The van der Waals surface area contributed by atoms with Crippen molar-refractivity contribution in [2.75, 3.05) is 0 Å². The van der Waals surface area contributed by atoms with Gasteiger partial charge in [-0.1, -0.05) is 33.1 Å². The highest BCUT2D eigenvalue weighted by Crippen LogP contribution is 2.29. The molecule has 1 heterocycles. The molecule has 3 heteroatoms. The zero-order chi connectivity index (χ0) is 13.0. The summed E-state index contributed by atoms with van der Waals surface area (Å²) in [6, 6.07) is 1.11. The monoisotopic (exact) mass is 266 g/mol. The summed E-state index contributed by atoms with van der Waals surface area (Å²) in [5.41, 5.74) is 0. The molecule has 1 aliphatic carbocycles. The van der Waals surface area contributed by atoms with Gasteiger partial charge in [0.05, 0.1) is 6.04 Å². The normalized spacial score (nSPS) is 26.2. The van der Waals surface area contributed by atoms with Crippen LogP contribution in [-0.2, 0) is 6.42 Å². The van der Waals surface area contributed by atoms with E-state index in [4.69, 9.17) is 0 Å². The van der Waals surface area contributed by atoms with Crippen molar-refractivity contribution in [2.45, 2.75) is 71.4 Å². The van der Waals surface area contributed by atoms with Crippen LogP contribution in [-0.4, -0.2) is 11.0 Å². The molecule has 0 aromatic carbocycles. The molecule has 1 fully saturated rings. The lowest BCUT2D eigenvalue weighted by Crippen LogP contribution is -2.39. The second-order valence-electron chi connectivity index (χ2n) is 5.47. The predicted molar refractivity (Wildman–Crippen MR) is 79.1 cm³/mol. The van der Waals surface area contributed by atoms with Crippen molar-refractivity contribution >= 4 is 11.3 Å². The van der Waals surface area contributed by atoms with Crippen molar-refractivity contribution < 1.29 is 0 Å². The third kappa shape index (κ3) is 3.33. The number of nitrogens with one attached hydrogen (secondary N) is 1. The number of thiazole rings is 1. The summed E-state index contributed by atoms with van der Waals surface area (Å²) in [6.07, 6.45) is 10.00. The molecule has 0 radical (unpaired) electrons. The van der Waals surface area contributed by atoms with Crippen LogP contribution in [0.15, 0.2) is 6.20 Å². The van der Waals surface area contributed by atoms with Gasteiger partial charge < -0.3 is 5.32 Å². The lowest BCUT2D eigenvalue weighted by atomic mass is 9.82. The summed E-state index contributed by atoms with van der Waals surface area (Å²) in [5, 5.41) is 5.08. The van der Waals surface area contributed by atoms with Crippen LogP contribution >= 0.6 is 11.3 Å². The quantitative estimate of drug-likeness (QED) is 0.858. The lowest BCUT2D eigenvalue weighted by molar-refractivity contribution is 0.240. The Morgan fingerprint density at radius 2 is 2.17 bits per heavy atom. The van der Waals surface area contributed by atoms with Crippen LogP contribution in [0.2, 0.25) is 0 Å². The molecular weight excluding hydrogens is 240 g/mol. The van der Waals surface area contributed by atoms with Crippen LogP contribution in [0.5, 0.6) is 0 Å². The van der Waals surface area contributed by atoms with Crippen molar-refractivity contribution in [2.24, 2.45) is 5.92 Å². The Bertz CT molecular complexity index is 361. The largest absolute Gasteiger partial charge is 0.305 e. The average Bonchev–Trinajstić information content (AvgIpc) is 2.88. The van der Waals surface area contributed by atoms with Crippen molar-refractivity contribution in [1.82, 2.24) is 10.3 Å². The van der Waals surface area contributed by atoms with Crippen LogP contribution in [0, 0.1) is 5.92 Å². The van der Waals surface area contributed by atoms with Gasteiger partial charge in [-0.15, -0.1) is 11.3 Å². The van der Waals surface area contributed by atoms with E-state index in [1.54, 1.807) is 0 Å². The number of nitrogens with zero attached hydrogens (tertiary/aromatic N) is 1. The second-order valence-corrected chi connectivity index (χ2v) is 6.61. The molecule has 3 unspecified atom stereocenters. The molecule has 1 aliphatic rings. The molecule has 3 atom stereocenters. The van der Waals surface area contributed by atoms with Crippen LogP contribution in [0.3, 0.4) is 0 Å². The van der Waals surface area contributed by atoms with Gasteiger partial charge in [-0.2, -0.15) is 0 Å². The maximum Gasteiger partial charge on any atom is 0.109 e. The molecule has 1 N–H and O–H groups in total. The van der Waals surface area contributed by atoms with E-state index in [0.29, 0.717) is 12.1 Å². The van der Waals surface area contributed by atoms with E-state index in [1.807, 2.05) is 17.5 Å². The standard InChI is InChI=1S/C15H26N2S/c1-4-12-8-6-7-9-14(12)17-11(3)15-16-10-13(5-2)18-15/h10-12,14,17H,4-9H2,1-3H3. The fourth-order valence-corrected chi connectivity index (χ4v) is 3.86. The Morgan fingerprint density at radius 1 is 1.39 bits per heavy atom. The highest BCUT2D eigenvalue weighted by molar-refractivity contribution is 7.11. The van der Waals surface area contributed by atoms with Gasteiger partial charge >= 0.3 is 0 Å². The Hall–Kier alpha value is -0.410. The third-order valence-corrected chi connectivity index (χ3v) is 5.51. The number of hydrogen-bond acceptors (Lipinski definition) is 3. The lowest BCUT2D eigenvalue weighted by Gasteiger charge is -2.33. The van der Waals surface area contributed by atoms with Gasteiger partial charge in [0.15, 0.2) is 0 Å². The minimum absolute atomic E-state index is 0.410. The van der Waals surface area contributed by atoms with Crippen LogP contribution in [0.4, 0.5) is 0 Å². The Morgan fingerprint density at radius 3 is 2.83 bits per heavy atom. The van der Waals surface area contributed by atoms with Crippen LogP contribution in [0.25, 0.3) is 0 Å². The van der Waals surface area contributed by atoms with E-state index in [9.17, 15) is 0 Å². The first kappa shape index (κ1) is 14.0. The van der Waals surface area contributed by atoms with Crippen LogP contribution in [0.1, 0.15) is 68.8 Å². The van der Waals surface area contributed by atoms with Crippen molar-refractivity contribution in [3.63, 3.8) is 0 Å². The summed E-state index contributed by atoms with van der Waals surface area (Å²) in [7, 11) is 0. The van der Waals surface area contributed by atoms with Crippen molar-refractivity contribution in [3.8, 4) is 0 Å². The van der Waals surface area contributed by atoms with E-state index in [2.05, 4.69) is 31.1 Å². The molecule has 0 amide bonds. The topological polar surface area (TPSA) is 24.9 Å². The molecule has 0 aliphatic heterocycles. The predicted octanol–water partition coefficient (Wildman–Crippen LogP) is 4.32. The number of hydrogen-bond donors (Lipinski definition) is 1. The van der Waals surface area contributed by atoms with Gasteiger partial charge in [0.2, 0.25) is 0 Å². The molecule has 0 saturated heterocycles. The first-order valence-corrected chi connectivity index (χ1v) is 8.26. The molecule has 0 spiro atoms. The van der Waals surface area contributed by atoms with Gasteiger partial charge in [0, 0.05) is 17.1 Å². The van der Waals surface area contributed by atoms with Gasteiger partial charge in [-0.05, 0) is 32.1 Å². The Balaban J connectivity index is 1.94. The highest BCUT2D eigenvalue weighted by Gasteiger charge is 2.25. The molecule has 1 saturated carbocycles. The zero-order valence-corrected chi connectivity index (χ0v) is 12.7. The highest BCUT2D eigenvalue weighted by atomic mass is 32.1. The van der Waals surface area contributed by atoms with Crippen molar-refractivity contribution in [1.29, 1.82) is 0 Å². The Labute approximate surface area is 115 Å². The minimum Gasteiger partial charge on any atom is -0.305 e. The fraction of sp³-hybridized carbons (Fsp3) is 0.800. The summed E-state index contributed by atoms with van der Waals surface area (Å²) in [6.45, 7) is 6.79. The molecule has 0 bridgehead atoms. The SMILES string of the molecule is CCc1cnc(C(C)NC2CCCCC2CC)s1. The molecule has 1 aromatic rings. The summed E-state index contributed by atoms with van der Waals surface area (Å²) in [5.74, 6) is 0.867. The Kier molecular flexibility index (Phi) is 5.19. The average molecular weight is 266 g/mol. The summed E-state index contributed by atoms with van der Waals surface area (Å²) >= 11 is 1.86. The van der Waals surface area contributed by atoms with Crippen LogP contribution < -0.4 is 5.32 Å². The molecule has 2 nitrogen and oxygen atoms in total. The van der Waals surface area contributed by atoms with Gasteiger partial charge in [0.25, 0.3) is 0 Å². The summed E-state index contributed by atoms with van der Waals surface area (Å²) < 4.78 is 0. The first-order valence-electron chi connectivity index (χ1n) is 7.45. The molecule has 2 rings (SSSR count). The molecule has 1 aromatic heterocycles. The zero-order valence-electron chi connectivity index (χ0n) is 11.9. The third-order valence-electron chi connectivity index (χ3n) is 4.19. The maximum atomic E-state index is 4.56. The van der Waals surface area contributed by atoms with Gasteiger partial charge in [-0.25, -0.2) is 4.98 Å². The van der Waals surface area contributed by atoms with Gasteiger partial charge in [-0.3, -0.25) is 0 Å². The number of aromatic nitrogens is 1. The van der Waals surface area contributed by atoms with E-state index in [1.165, 1.54) is 42.0 Å². The molecular formula is C15H26N2S. The minimum atomic E-state index is 0.410. The number of rotatable bonds is 5. The van der Waals surface area contributed by atoms with E-state index in [0.717, 1.165) is 12.3 Å². The molecule has 18 heavy (non-hydrogen) atoms. The van der Waals surface area contributed by atoms with E-state index in [-0.39, 0.29) is 0 Å².